The molecule has 0 saturated carbocycles. The van der Waals surface area contributed by atoms with Crippen LogP contribution in [0.3, 0.4) is 0 Å². The van der Waals surface area contributed by atoms with Crippen LogP contribution in [0.15, 0.2) is 46.9 Å². The van der Waals surface area contributed by atoms with Crippen molar-refractivity contribution in [2.45, 2.75) is 13.8 Å². The highest BCUT2D eigenvalue weighted by molar-refractivity contribution is 6.06. The molecule has 5 heteroatoms. The van der Waals surface area contributed by atoms with E-state index in [-0.39, 0.29) is 22.5 Å². The minimum atomic E-state index is -0.415. The zero-order valence-corrected chi connectivity index (χ0v) is 12.8. The Morgan fingerprint density at radius 3 is 2.48 bits per heavy atom. The van der Waals surface area contributed by atoms with Crippen molar-refractivity contribution in [3.63, 3.8) is 0 Å². The minimum absolute atomic E-state index is 0.0577. The molecule has 3 N–H and O–H groups in total. The standard InChI is InChI=1S/C18H16N2O3/c1-10-5-3-6-11(2)15(10)20-18(22)13-9-12-7-4-8-14(21)16(12)23-17(13)19/h3-9,19,21H,1-2H3,(H,20,22). The number of hydrogen-bond donors (Lipinski definition) is 3. The van der Waals surface area contributed by atoms with E-state index in [1.165, 1.54) is 6.07 Å². The van der Waals surface area contributed by atoms with Crippen LogP contribution in [-0.4, -0.2) is 11.0 Å². The average molecular weight is 308 g/mol. The lowest BCUT2D eigenvalue weighted by Gasteiger charge is -2.11. The van der Waals surface area contributed by atoms with Crippen LogP contribution in [0.1, 0.15) is 21.5 Å². The van der Waals surface area contributed by atoms with E-state index in [1.807, 2.05) is 32.0 Å². The summed E-state index contributed by atoms with van der Waals surface area (Å²) in [6.07, 6.45) is 0. The van der Waals surface area contributed by atoms with Crippen molar-refractivity contribution < 1.29 is 14.3 Å². The van der Waals surface area contributed by atoms with Crippen molar-refractivity contribution in [2.24, 2.45) is 0 Å². The summed E-state index contributed by atoms with van der Waals surface area (Å²) in [6.45, 7) is 3.82. The van der Waals surface area contributed by atoms with E-state index in [4.69, 9.17) is 9.83 Å². The van der Waals surface area contributed by atoms with E-state index in [1.54, 1.807) is 18.2 Å². The number of aryl methyl sites for hydroxylation is 2. The van der Waals surface area contributed by atoms with Gasteiger partial charge in [0.05, 0.1) is 0 Å². The number of anilines is 1. The number of para-hydroxylation sites is 2. The van der Waals surface area contributed by atoms with E-state index < -0.39 is 5.91 Å². The number of phenolic OH excluding ortho intramolecular Hbond substituents is 1. The molecule has 2 aromatic carbocycles. The fraction of sp³-hybridized carbons (Fsp3) is 0.111. The Morgan fingerprint density at radius 1 is 1.13 bits per heavy atom. The highest BCUT2D eigenvalue weighted by atomic mass is 16.4. The summed E-state index contributed by atoms with van der Waals surface area (Å²) in [6, 6.07) is 12.1. The number of rotatable bonds is 2. The van der Waals surface area contributed by atoms with Gasteiger partial charge in [0.2, 0.25) is 5.55 Å². The van der Waals surface area contributed by atoms with Gasteiger partial charge in [-0.3, -0.25) is 10.2 Å². The average Bonchev–Trinajstić information content (AvgIpc) is 2.51. The van der Waals surface area contributed by atoms with Crippen molar-refractivity contribution in [3.8, 4) is 5.75 Å². The van der Waals surface area contributed by atoms with Gasteiger partial charge < -0.3 is 14.8 Å². The van der Waals surface area contributed by atoms with Crippen molar-refractivity contribution >= 4 is 22.6 Å². The molecule has 0 saturated heterocycles. The molecule has 1 amide bonds. The van der Waals surface area contributed by atoms with E-state index in [9.17, 15) is 9.90 Å². The molecule has 0 fully saturated rings. The SMILES string of the molecule is Cc1cccc(C)c1NC(=O)c1cc2cccc(O)c2oc1=N. The topological polar surface area (TPSA) is 86.3 Å². The summed E-state index contributed by atoms with van der Waals surface area (Å²) >= 11 is 0. The van der Waals surface area contributed by atoms with Crippen LogP contribution in [0.25, 0.3) is 11.0 Å². The molecule has 0 aliphatic carbocycles. The Balaban J connectivity index is 2.05. The first-order valence-corrected chi connectivity index (χ1v) is 7.15. The van der Waals surface area contributed by atoms with E-state index >= 15 is 0 Å². The largest absolute Gasteiger partial charge is 0.504 e. The number of nitrogens with one attached hydrogen (secondary N) is 2. The van der Waals surface area contributed by atoms with Crippen molar-refractivity contribution in [2.75, 3.05) is 5.32 Å². The normalized spacial score (nSPS) is 10.7. The Kier molecular flexibility index (Phi) is 3.62. The van der Waals surface area contributed by atoms with Gasteiger partial charge in [0.1, 0.15) is 5.56 Å². The summed E-state index contributed by atoms with van der Waals surface area (Å²) < 4.78 is 5.30. The zero-order chi connectivity index (χ0) is 16.6. The van der Waals surface area contributed by atoms with Crippen LogP contribution in [0.5, 0.6) is 5.75 Å². The molecule has 0 aliphatic rings. The third-order valence-electron chi connectivity index (χ3n) is 3.74. The number of amides is 1. The fourth-order valence-corrected chi connectivity index (χ4v) is 2.51. The maximum absolute atomic E-state index is 12.5. The molecule has 0 aliphatic heterocycles. The molecule has 23 heavy (non-hydrogen) atoms. The van der Waals surface area contributed by atoms with Gasteiger partial charge in [-0.2, -0.15) is 0 Å². The summed E-state index contributed by atoms with van der Waals surface area (Å²) in [4.78, 5) is 12.5. The molecule has 0 spiro atoms. The van der Waals surface area contributed by atoms with Gasteiger partial charge in [-0.25, -0.2) is 0 Å². The summed E-state index contributed by atoms with van der Waals surface area (Å²) in [5.41, 5.74) is 2.64. The molecule has 5 nitrogen and oxygen atoms in total. The maximum atomic E-state index is 12.5. The molecule has 1 aromatic heterocycles. The predicted octanol–water partition coefficient (Wildman–Crippen LogP) is 3.49. The monoisotopic (exact) mass is 308 g/mol. The second kappa shape index (κ2) is 5.61. The van der Waals surface area contributed by atoms with Crippen LogP contribution in [0.2, 0.25) is 0 Å². The lowest BCUT2D eigenvalue weighted by Crippen LogP contribution is -2.21. The van der Waals surface area contributed by atoms with Gasteiger partial charge in [-0.15, -0.1) is 0 Å². The molecule has 3 rings (SSSR count). The lowest BCUT2D eigenvalue weighted by molar-refractivity contribution is 0.102. The van der Waals surface area contributed by atoms with Crippen LogP contribution in [0, 0.1) is 19.3 Å². The van der Waals surface area contributed by atoms with Crippen molar-refractivity contribution in [1.82, 2.24) is 0 Å². The van der Waals surface area contributed by atoms with E-state index in [0.717, 1.165) is 16.8 Å². The zero-order valence-electron chi connectivity index (χ0n) is 12.8. The first-order chi connectivity index (χ1) is 11.0. The van der Waals surface area contributed by atoms with Gasteiger partial charge >= 0.3 is 0 Å². The third-order valence-corrected chi connectivity index (χ3v) is 3.74. The van der Waals surface area contributed by atoms with Gasteiger partial charge in [0, 0.05) is 11.1 Å². The smallest absolute Gasteiger partial charge is 0.261 e. The molecule has 116 valence electrons. The number of phenols is 1. The van der Waals surface area contributed by atoms with Crippen LogP contribution in [-0.2, 0) is 0 Å². The van der Waals surface area contributed by atoms with Gasteiger partial charge in [-0.05, 0) is 37.1 Å². The Bertz CT molecular complexity index is 953. The second-order valence-electron chi connectivity index (χ2n) is 5.41. The second-order valence-corrected chi connectivity index (χ2v) is 5.41. The van der Waals surface area contributed by atoms with E-state index in [2.05, 4.69) is 5.32 Å². The number of carbonyl (C=O) groups is 1. The number of hydrogen-bond acceptors (Lipinski definition) is 4. The fourth-order valence-electron chi connectivity index (χ4n) is 2.51. The van der Waals surface area contributed by atoms with Crippen LogP contribution in [0.4, 0.5) is 5.69 Å². The lowest BCUT2D eigenvalue weighted by atomic mass is 10.1. The first kappa shape index (κ1) is 14.8. The number of carbonyl (C=O) groups excluding carboxylic acids is 1. The summed E-state index contributed by atoms with van der Waals surface area (Å²) in [5.74, 6) is -0.473. The maximum Gasteiger partial charge on any atom is 0.261 e. The van der Waals surface area contributed by atoms with Crippen LogP contribution < -0.4 is 10.9 Å². The minimum Gasteiger partial charge on any atom is -0.504 e. The first-order valence-electron chi connectivity index (χ1n) is 7.15. The summed E-state index contributed by atoms with van der Waals surface area (Å²) in [7, 11) is 0. The number of benzene rings is 2. The molecule has 3 aromatic rings. The number of aromatic hydroxyl groups is 1. The van der Waals surface area contributed by atoms with Crippen LogP contribution >= 0.6 is 0 Å². The quantitative estimate of drug-likeness (QED) is 0.677. The van der Waals surface area contributed by atoms with Gasteiger partial charge in [0.25, 0.3) is 5.91 Å². The molecule has 0 bridgehead atoms. The predicted molar refractivity (Wildman–Crippen MR) is 87.6 cm³/mol. The Labute approximate surface area is 132 Å². The molecule has 0 unspecified atom stereocenters. The molecule has 0 atom stereocenters. The highest BCUT2D eigenvalue weighted by Crippen LogP contribution is 2.24. The molecular weight excluding hydrogens is 292 g/mol. The number of fused-ring (bicyclic) bond motifs is 1. The van der Waals surface area contributed by atoms with Crippen molar-refractivity contribution in [3.05, 3.63) is 64.7 Å². The third kappa shape index (κ3) is 2.68. The van der Waals surface area contributed by atoms with Crippen molar-refractivity contribution in [1.29, 1.82) is 5.41 Å². The molecule has 1 heterocycles. The highest BCUT2D eigenvalue weighted by Gasteiger charge is 2.15. The molecule has 0 radical (unpaired) electrons. The van der Waals surface area contributed by atoms with Gasteiger partial charge in [0.15, 0.2) is 11.3 Å². The van der Waals surface area contributed by atoms with E-state index in [0.29, 0.717) is 5.39 Å². The Hall–Kier alpha value is -3.08. The summed E-state index contributed by atoms with van der Waals surface area (Å²) in [5, 5.41) is 21.1. The Morgan fingerprint density at radius 2 is 1.78 bits per heavy atom. The molecular formula is C18H16N2O3. The van der Waals surface area contributed by atoms with Gasteiger partial charge in [-0.1, -0.05) is 30.3 Å².